The summed E-state index contributed by atoms with van der Waals surface area (Å²) in [6, 6.07) is 4.30. The third kappa shape index (κ3) is 8.31. The van der Waals surface area contributed by atoms with Crippen molar-refractivity contribution < 1.29 is 9.59 Å². The van der Waals surface area contributed by atoms with Crippen LogP contribution < -0.4 is 5.32 Å². The normalized spacial score (nSPS) is 17.4. The summed E-state index contributed by atoms with van der Waals surface area (Å²) in [5.74, 6) is 0.803. The summed E-state index contributed by atoms with van der Waals surface area (Å²) < 4.78 is 0. The van der Waals surface area contributed by atoms with Gasteiger partial charge >= 0.3 is 0 Å². The van der Waals surface area contributed by atoms with Gasteiger partial charge in [-0.1, -0.05) is 19.9 Å². The van der Waals surface area contributed by atoms with E-state index in [0.29, 0.717) is 25.2 Å². The molecule has 1 aromatic rings. The zero-order chi connectivity index (χ0) is 20.2. The Labute approximate surface area is 174 Å². The standard InChI is InChI=1S/C22H37N3O2S/c1-3-12-25(13-4-2)22(27)11-5-10-21(26)23-16-19-8-6-14-24(17-19)18-20-9-7-15-28-20/h7,9,15,19H,3-6,8,10-14,16-18H2,1-2H3,(H,23,26). The molecule has 158 valence electrons. The Morgan fingerprint density at radius 3 is 2.71 bits per heavy atom. The topological polar surface area (TPSA) is 52.7 Å². The van der Waals surface area contributed by atoms with Crippen LogP contribution in [0, 0.1) is 5.92 Å². The molecule has 1 aromatic heterocycles. The van der Waals surface area contributed by atoms with Gasteiger partial charge in [-0.05, 0) is 56.0 Å². The fraction of sp³-hybridized carbons (Fsp3) is 0.727. The van der Waals surface area contributed by atoms with Crippen LogP contribution in [0.5, 0.6) is 0 Å². The van der Waals surface area contributed by atoms with Crippen LogP contribution in [0.1, 0.15) is 63.7 Å². The van der Waals surface area contributed by atoms with Crippen molar-refractivity contribution in [3.05, 3.63) is 22.4 Å². The predicted molar refractivity (Wildman–Crippen MR) is 116 cm³/mol. The van der Waals surface area contributed by atoms with Crippen molar-refractivity contribution in [2.75, 3.05) is 32.7 Å². The molecule has 1 aliphatic heterocycles. The zero-order valence-electron chi connectivity index (χ0n) is 17.6. The SMILES string of the molecule is CCCN(CCC)C(=O)CCCC(=O)NCC1CCCN(Cc2cccs2)C1. The van der Waals surface area contributed by atoms with Gasteiger partial charge in [0.2, 0.25) is 11.8 Å². The number of amides is 2. The van der Waals surface area contributed by atoms with Gasteiger partial charge in [-0.25, -0.2) is 0 Å². The summed E-state index contributed by atoms with van der Waals surface area (Å²) in [5, 5.41) is 5.23. The highest BCUT2D eigenvalue weighted by molar-refractivity contribution is 7.09. The average molecular weight is 408 g/mol. The van der Waals surface area contributed by atoms with Crippen molar-refractivity contribution in [3.8, 4) is 0 Å². The zero-order valence-corrected chi connectivity index (χ0v) is 18.4. The minimum Gasteiger partial charge on any atom is -0.356 e. The van der Waals surface area contributed by atoms with E-state index in [9.17, 15) is 9.59 Å². The molecule has 5 nitrogen and oxygen atoms in total. The first-order chi connectivity index (χ1) is 13.6. The van der Waals surface area contributed by atoms with Gasteiger partial charge in [-0.3, -0.25) is 14.5 Å². The van der Waals surface area contributed by atoms with Crippen molar-refractivity contribution in [2.45, 2.75) is 65.3 Å². The molecule has 1 fully saturated rings. The van der Waals surface area contributed by atoms with E-state index in [4.69, 9.17) is 0 Å². The monoisotopic (exact) mass is 407 g/mol. The van der Waals surface area contributed by atoms with Gasteiger partial charge in [0.25, 0.3) is 0 Å². The Hall–Kier alpha value is -1.40. The third-order valence-corrected chi connectivity index (χ3v) is 6.15. The number of carbonyl (C=O) groups excluding carboxylic acids is 2. The van der Waals surface area contributed by atoms with Crippen LogP contribution in [-0.4, -0.2) is 54.3 Å². The van der Waals surface area contributed by atoms with Gasteiger partial charge in [0.05, 0.1) is 0 Å². The molecule has 6 heteroatoms. The second kappa shape index (κ2) is 12.9. The van der Waals surface area contributed by atoms with E-state index in [-0.39, 0.29) is 11.8 Å². The van der Waals surface area contributed by atoms with Crippen LogP contribution in [0.4, 0.5) is 0 Å². The van der Waals surface area contributed by atoms with Gasteiger partial charge < -0.3 is 10.2 Å². The molecule has 1 saturated heterocycles. The van der Waals surface area contributed by atoms with Crippen molar-refractivity contribution >= 4 is 23.2 Å². The fourth-order valence-corrected chi connectivity index (χ4v) is 4.64. The van der Waals surface area contributed by atoms with Crippen LogP contribution in [0.25, 0.3) is 0 Å². The smallest absolute Gasteiger partial charge is 0.222 e. The average Bonchev–Trinajstić information content (AvgIpc) is 3.19. The minimum atomic E-state index is 0.0840. The molecule has 0 radical (unpaired) electrons. The second-order valence-electron chi connectivity index (χ2n) is 7.86. The Morgan fingerprint density at radius 1 is 1.25 bits per heavy atom. The number of nitrogens with one attached hydrogen (secondary N) is 1. The van der Waals surface area contributed by atoms with E-state index in [1.54, 1.807) is 0 Å². The maximum Gasteiger partial charge on any atom is 0.222 e. The van der Waals surface area contributed by atoms with E-state index in [1.807, 2.05) is 16.2 Å². The molecular weight excluding hydrogens is 370 g/mol. The first kappa shape index (κ1) is 22.9. The van der Waals surface area contributed by atoms with Crippen molar-refractivity contribution in [3.63, 3.8) is 0 Å². The van der Waals surface area contributed by atoms with Gasteiger partial charge in [0.1, 0.15) is 0 Å². The molecular formula is C22H37N3O2S. The lowest BCUT2D eigenvalue weighted by Gasteiger charge is -2.32. The summed E-state index contributed by atoms with van der Waals surface area (Å²) in [7, 11) is 0. The number of hydrogen-bond acceptors (Lipinski definition) is 4. The van der Waals surface area contributed by atoms with E-state index in [0.717, 1.165) is 52.1 Å². The molecule has 1 aliphatic rings. The van der Waals surface area contributed by atoms with Crippen LogP contribution in [-0.2, 0) is 16.1 Å². The highest BCUT2D eigenvalue weighted by Crippen LogP contribution is 2.20. The summed E-state index contributed by atoms with van der Waals surface area (Å²) in [6.07, 6.45) is 5.92. The van der Waals surface area contributed by atoms with Crippen LogP contribution >= 0.6 is 11.3 Å². The molecule has 2 heterocycles. The molecule has 2 amide bonds. The highest BCUT2D eigenvalue weighted by atomic mass is 32.1. The second-order valence-corrected chi connectivity index (χ2v) is 8.89. The summed E-state index contributed by atoms with van der Waals surface area (Å²) in [4.78, 5) is 30.3. The molecule has 1 atom stereocenters. The summed E-state index contributed by atoms with van der Waals surface area (Å²) >= 11 is 1.81. The van der Waals surface area contributed by atoms with Gasteiger partial charge in [-0.2, -0.15) is 0 Å². The first-order valence-electron chi connectivity index (χ1n) is 10.9. The molecule has 1 N–H and O–H groups in total. The number of thiophene rings is 1. The molecule has 28 heavy (non-hydrogen) atoms. The number of rotatable bonds is 12. The molecule has 0 aliphatic carbocycles. The lowest BCUT2D eigenvalue weighted by atomic mass is 9.98. The Bertz CT molecular complexity index is 570. The van der Waals surface area contributed by atoms with Gasteiger partial charge in [0.15, 0.2) is 0 Å². The molecule has 1 unspecified atom stereocenters. The minimum absolute atomic E-state index is 0.0840. The molecule has 0 spiro atoms. The number of nitrogens with zero attached hydrogens (tertiary/aromatic N) is 2. The lowest BCUT2D eigenvalue weighted by Crippen LogP contribution is -2.40. The quantitative estimate of drug-likeness (QED) is 0.572. The predicted octanol–water partition coefficient (Wildman–Crippen LogP) is 3.90. The fourth-order valence-electron chi connectivity index (χ4n) is 3.89. The van der Waals surface area contributed by atoms with Crippen LogP contribution in [0.15, 0.2) is 17.5 Å². The van der Waals surface area contributed by atoms with E-state index < -0.39 is 0 Å². The Balaban J connectivity index is 1.61. The highest BCUT2D eigenvalue weighted by Gasteiger charge is 2.21. The van der Waals surface area contributed by atoms with E-state index in [2.05, 4.69) is 41.6 Å². The van der Waals surface area contributed by atoms with Crippen molar-refractivity contribution in [2.24, 2.45) is 5.92 Å². The molecule has 0 saturated carbocycles. The Kier molecular flexibility index (Phi) is 10.6. The van der Waals surface area contributed by atoms with Crippen LogP contribution in [0.2, 0.25) is 0 Å². The lowest BCUT2D eigenvalue weighted by molar-refractivity contribution is -0.131. The third-order valence-electron chi connectivity index (χ3n) is 5.28. The van der Waals surface area contributed by atoms with Crippen molar-refractivity contribution in [1.29, 1.82) is 0 Å². The van der Waals surface area contributed by atoms with Crippen LogP contribution in [0.3, 0.4) is 0 Å². The number of likely N-dealkylation sites (tertiary alicyclic amines) is 1. The number of piperidine rings is 1. The number of hydrogen-bond donors (Lipinski definition) is 1. The maximum absolute atomic E-state index is 12.3. The largest absolute Gasteiger partial charge is 0.356 e. The number of carbonyl (C=O) groups is 2. The molecule has 0 bridgehead atoms. The van der Waals surface area contributed by atoms with E-state index in [1.165, 1.54) is 17.7 Å². The first-order valence-corrected chi connectivity index (χ1v) is 11.8. The summed E-state index contributed by atoms with van der Waals surface area (Å²) in [6.45, 7) is 9.81. The van der Waals surface area contributed by atoms with Gasteiger partial charge in [0, 0.05) is 50.4 Å². The van der Waals surface area contributed by atoms with E-state index >= 15 is 0 Å². The summed E-state index contributed by atoms with van der Waals surface area (Å²) in [5.41, 5.74) is 0. The van der Waals surface area contributed by atoms with Crippen molar-refractivity contribution in [1.82, 2.24) is 15.1 Å². The molecule has 2 rings (SSSR count). The Morgan fingerprint density at radius 2 is 2.04 bits per heavy atom. The van der Waals surface area contributed by atoms with Gasteiger partial charge in [-0.15, -0.1) is 11.3 Å². The molecule has 0 aromatic carbocycles. The maximum atomic E-state index is 12.3.